The highest BCUT2D eigenvalue weighted by atomic mass is 16.3. The molecule has 0 spiro atoms. The number of hydrogen-bond acceptors (Lipinski definition) is 4. The molecule has 0 N–H and O–H groups in total. The summed E-state index contributed by atoms with van der Waals surface area (Å²) in [7, 11) is 0. The second-order valence-corrected chi connectivity index (χ2v) is 9.75. The van der Waals surface area contributed by atoms with Gasteiger partial charge in [0, 0.05) is 44.7 Å². The van der Waals surface area contributed by atoms with Crippen LogP contribution in [0.4, 0.5) is 0 Å². The van der Waals surface area contributed by atoms with Crippen molar-refractivity contribution in [3.63, 3.8) is 0 Å². The number of hydrogen-bond donors (Lipinski definition) is 0. The molecule has 40 heavy (non-hydrogen) atoms. The molecule has 0 amide bonds. The minimum absolute atomic E-state index is 0.630. The van der Waals surface area contributed by atoms with Crippen molar-refractivity contribution in [3.05, 3.63) is 134 Å². The molecule has 0 saturated carbocycles. The molecule has 0 aliphatic carbocycles. The Morgan fingerprint density at radius 3 is 1.82 bits per heavy atom. The van der Waals surface area contributed by atoms with Gasteiger partial charge in [0.25, 0.3) is 0 Å². The minimum Gasteiger partial charge on any atom is -0.455 e. The third-order valence-corrected chi connectivity index (χ3v) is 7.29. The van der Waals surface area contributed by atoms with Crippen LogP contribution in [0.2, 0.25) is 0 Å². The minimum atomic E-state index is 0.630. The Morgan fingerprint density at radius 1 is 0.475 bits per heavy atom. The molecule has 5 heteroatoms. The fourth-order valence-corrected chi connectivity index (χ4v) is 5.36. The zero-order chi connectivity index (χ0) is 26.5. The molecule has 0 unspecified atom stereocenters. The molecular weight excluding hydrogens is 492 g/mol. The average molecular weight is 515 g/mol. The van der Waals surface area contributed by atoms with E-state index in [1.807, 2.05) is 91.0 Å². The number of para-hydroxylation sites is 1. The van der Waals surface area contributed by atoms with E-state index in [4.69, 9.17) is 19.4 Å². The molecular formula is C35H22N4O. The van der Waals surface area contributed by atoms with Crippen LogP contribution in [0.15, 0.2) is 138 Å². The normalized spacial score (nSPS) is 11.5. The van der Waals surface area contributed by atoms with Crippen molar-refractivity contribution in [2.75, 3.05) is 0 Å². The van der Waals surface area contributed by atoms with E-state index >= 15 is 0 Å². The molecule has 0 radical (unpaired) electrons. The Bertz CT molecular complexity index is 2100. The van der Waals surface area contributed by atoms with Gasteiger partial charge in [-0.05, 0) is 36.4 Å². The fraction of sp³-hybridized carbons (Fsp3) is 0. The van der Waals surface area contributed by atoms with Crippen molar-refractivity contribution in [3.8, 4) is 39.9 Å². The van der Waals surface area contributed by atoms with Gasteiger partial charge in [-0.2, -0.15) is 0 Å². The third kappa shape index (κ3) is 3.68. The number of fused-ring (bicyclic) bond motifs is 5. The summed E-state index contributed by atoms with van der Waals surface area (Å²) in [6.45, 7) is 0. The van der Waals surface area contributed by atoms with Crippen molar-refractivity contribution in [2.45, 2.75) is 0 Å². The summed E-state index contributed by atoms with van der Waals surface area (Å²) in [6, 6.07) is 43.0. The van der Waals surface area contributed by atoms with Gasteiger partial charge in [-0.25, -0.2) is 15.0 Å². The Hall–Kier alpha value is -5.55. The van der Waals surface area contributed by atoms with Crippen LogP contribution in [-0.2, 0) is 0 Å². The van der Waals surface area contributed by atoms with Crippen LogP contribution in [0.25, 0.3) is 72.7 Å². The topological polar surface area (TPSA) is 56.7 Å². The standard InChI is InChI=1S/C35H22N4O/c1-3-10-23(11-4-1)33-36-34(24-12-5-2-6-13-24)38-35(37-33)25-14-9-15-26(22-25)39-21-20-29-30(39)19-18-28-27-16-7-8-17-31(27)40-32(28)29/h1-22H. The smallest absolute Gasteiger partial charge is 0.164 e. The third-order valence-electron chi connectivity index (χ3n) is 7.29. The largest absolute Gasteiger partial charge is 0.455 e. The highest BCUT2D eigenvalue weighted by Crippen LogP contribution is 2.35. The van der Waals surface area contributed by atoms with Gasteiger partial charge in [0.2, 0.25) is 0 Å². The summed E-state index contributed by atoms with van der Waals surface area (Å²) in [4.78, 5) is 14.6. The van der Waals surface area contributed by atoms with Gasteiger partial charge in [-0.1, -0.05) is 91.0 Å². The fourth-order valence-electron chi connectivity index (χ4n) is 5.36. The summed E-state index contributed by atoms with van der Waals surface area (Å²) in [6.07, 6.45) is 2.09. The van der Waals surface area contributed by atoms with Crippen LogP contribution in [0.3, 0.4) is 0 Å². The quantitative estimate of drug-likeness (QED) is 0.236. The zero-order valence-electron chi connectivity index (χ0n) is 21.4. The van der Waals surface area contributed by atoms with Crippen molar-refractivity contribution in [1.82, 2.24) is 19.5 Å². The van der Waals surface area contributed by atoms with Crippen LogP contribution in [0.1, 0.15) is 0 Å². The number of aromatic nitrogens is 4. The SMILES string of the molecule is c1ccc(-c2nc(-c3ccccc3)nc(-c3cccc(-n4ccc5c6oc7ccccc7c6ccc54)c3)n2)cc1. The van der Waals surface area contributed by atoms with Crippen LogP contribution < -0.4 is 0 Å². The molecule has 5 nitrogen and oxygen atoms in total. The predicted molar refractivity (Wildman–Crippen MR) is 160 cm³/mol. The van der Waals surface area contributed by atoms with Crippen molar-refractivity contribution in [2.24, 2.45) is 0 Å². The van der Waals surface area contributed by atoms with Gasteiger partial charge < -0.3 is 8.98 Å². The lowest BCUT2D eigenvalue weighted by atomic mass is 10.1. The first kappa shape index (κ1) is 22.4. The number of rotatable bonds is 4. The van der Waals surface area contributed by atoms with E-state index in [2.05, 4.69) is 47.2 Å². The molecule has 0 atom stereocenters. The average Bonchev–Trinajstić information content (AvgIpc) is 3.64. The molecule has 0 saturated heterocycles. The van der Waals surface area contributed by atoms with Crippen LogP contribution in [0.5, 0.6) is 0 Å². The Balaban J connectivity index is 1.27. The van der Waals surface area contributed by atoms with Crippen molar-refractivity contribution in [1.29, 1.82) is 0 Å². The van der Waals surface area contributed by atoms with E-state index in [1.54, 1.807) is 0 Å². The predicted octanol–water partition coefficient (Wildman–Crippen LogP) is 8.72. The summed E-state index contributed by atoms with van der Waals surface area (Å²) in [5.41, 5.74) is 6.72. The Kier molecular flexibility index (Phi) is 5.07. The van der Waals surface area contributed by atoms with E-state index in [1.165, 1.54) is 0 Å². The lowest BCUT2D eigenvalue weighted by molar-refractivity contribution is 0.672. The van der Waals surface area contributed by atoms with Crippen LogP contribution in [0, 0.1) is 0 Å². The molecule has 8 aromatic rings. The number of benzene rings is 5. The number of furan rings is 1. The summed E-state index contributed by atoms with van der Waals surface area (Å²) in [5, 5.41) is 3.34. The maximum atomic E-state index is 6.28. The maximum absolute atomic E-state index is 6.28. The highest BCUT2D eigenvalue weighted by Gasteiger charge is 2.15. The molecule has 0 aliphatic rings. The molecule has 0 fully saturated rings. The van der Waals surface area contributed by atoms with E-state index in [9.17, 15) is 0 Å². The van der Waals surface area contributed by atoms with Gasteiger partial charge in [-0.15, -0.1) is 0 Å². The van der Waals surface area contributed by atoms with Gasteiger partial charge in [0.15, 0.2) is 17.5 Å². The lowest BCUT2D eigenvalue weighted by Gasteiger charge is -2.10. The first-order valence-corrected chi connectivity index (χ1v) is 13.2. The summed E-state index contributed by atoms with van der Waals surface area (Å²) < 4.78 is 8.46. The molecule has 188 valence electrons. The van der Waals surface area contributed by atoms with E-state index in [0.717, 1.165) is 55.2 Å². The molecule has 5 aromatic carbocycles. The van der Waals surface area contributed by atoms with Gasteiger partial charge in [0.1, 0.15) is 11.2 Å². The summed E-state index contributed by atoms with van der Waals surface area (Å²) >= 11 is 0. The highest BCUT2D eigenvalue weighted by molar-refractivity contribution is 6.14. The van der Waals surface area contributed by atoms with Gasteiger partial charge >= 0.3 is 0 Å². The first-order chi connectivity index (χ1) is 19.8. The van der Waals surface area contributed by atoms with Gasteiger partial charge in [-0.3, -0.25) is 0 Å². The van der Waals surface area contributed by atoms with Crippen LogP contribution >= 0.6 is 0 Å². The molecule has 3 aromatic heterocycles. The first-order valence-electron chi connectivity index (χ1n) is 13.2. The monoisotopic (exact) mass is 514 g/mol. The second kappa shape index (κ2) is 9.03. The Labute approximate surface area is 230 Å². The van der Waals surface area contributed by atoms with Gasteiger partial charge in [0.05, 0.1) is 5.52 Å². The van der Waals surface area contributed by atoms with E-state index in [0.29, 0.717) is 17.5 Å². The van der Waals surface area contributed by atoms with Crippen molar-refractivity contribution >= 4 is 32.8 Å². The molecule has 0 bridgehead atoms. The number of nitrogens with zero attached hydrogens (tertiary/aromatic N) is 4. The van der Waals surface area contributed by atoms with Crippen molar-refractivity contribution < 1.29 is 4.42 Å². The van der Waals surface area contributed by atoms with Crippen LogP contribution in [-0.4, -0.2) is 19.5 Å². The zero-order valence-corrected chi connectivity index (χ0v) is 21.4. The second-order valence-electron chi connectivity index (χ2n) is 9.75. The molecule has 8 rings (SSSR count). The van der Waals surface area contributed by atoms with E-state index < -0.39 is 0 Å². The molecule has 0 aliphatic heterocycles. The Morgan fingerprint density at radius 2 is 1.10 bits per heavy atom. The lowest BCUT2D eigenvalue weighted by Crippen LogP contribution is -2.00. The van der Waals surface area contributed by atoms with E-state index in [-0.39, 0.29) is 0 Å². The molecule has 3 heterocycles. The maximum Gasteiger partial charge on any atom is 0.164 e. The summed E-state index contributed by atoms with van der Waals surface area (Å²) in [5.74, 6) is 1.92.